The predicted octanol–water partition coefficient (Wildman–Crippen LogP) is -0.345. The predicted molar refractivity (Wildman–Crippen MR) is 70.3 cm³/mol. The lowest BCUT2D eigenvalue weighted by Crippen LogP contribution is -2.30. The van der Waals surface area contributed by atoms with Crippen LogP contribution in [0.2, 0.25) is 0 Å². The fourth-order valence-electron chi connectivity index (χ4n) is 2.03. The highest BCUT2D eigenvalue weighted by Gasteiger charge is 2.26. The highest BCUT2D eigenvalue weighted by molar-refractivity contribution is 5.92. The molecule has 2 aromatic heterocycles. The minimum atomic E-state index is -1.19. The van der Waals surface area contributed by atoms with Gasteiger partial charge in [-0.15, -0.1) is 5.10 Å². The van der Waals surface area contributed by atoms with Crippen LogP contribution in [0.5, 0.6) is 0 Å². The van der Waals surface area contributed by atoms with Gasteiger partial charge in [0.25, 0.3) is 0 Å². The van der Waals surface area contributed by atoms with Crippen molar-refractivity contribution in [2.75, 3.05) is 0 Å². The Morgan fingerprint density at radius 1 is 1.48 bits per heavy atom. The number of amides is 1. The van der Waals surface area contributed by atoms with Crippen molar-refractivity contribution >= 4 is 11.9 Å². The lowest BCUT2D eigenvalue weighted by Gasteiger charge is -2.06. The first-order valence-corrected chi connectivity index (χ1v) is 6.49. The van der Waals surface area contributed by atoms with Crippen molar-refractivity contribution in [2.24, 2.45) is 7.05 Å². The number of carboxylic acid groups (broad SMARTS) is 1. The van der Waals surface area contributed by atoms with E-state index in [1.807, 2.05) is 0 Å². The van der Waals surface area contributed by atoms with E-state index in [2.05, 4.69) is 20.7 Å². The first-order valence-electron chi connectivity index (χ1n) is 6.49. The van der Waals surface area contributed by atoms with E-state index < -0.39 is 5.97 Å². The summed E-state index contributed by atoms with van der Waals surface area (Å²) < 4.78 is 2.83. The molecule has 3 rings (SSSR count). The molecule has 9 heteroatoms. The molecule has 0 unspecified atom stereocenters. The Kier molecular flexibility index (Phi) is 3.16. The van der Waals surface area contributed by atoms with Gasteiger partial charge in [0.15, 0.2) is 5.69 Å². The Labute approximate surface area is 119 Å². The van der Waals surface area contributed by atoms with Crippen LogP contribution in [0.4, 0.5) is 0 Å². The van der Waals surface area contributed by atoms with E-state index in [4.69, 9.17) is 0 Å². The Bertz CT molecular complexity index is 700. The Morgan fingerprint density at radius 2 is 2.24 bits per heavy atom. The van der Waals surface area contributed by atoms with E-state index in [-0.39, 0.29) is 29.9 Å². The van der Waals surface area contributed by atoms with Crippen molar-refractivity contribution in [3.05, 3.63) is 18.1 Å². The smallest absolute Gasteiger partial charge is 0.358 e. The number of carbonyl (C=O) groups is 2. The number of hydrogen-bond acceptors (Lipinski definition) is 5. The number of hydrogen-bond donors (Lipinski definition) is 2. The molecule has 0 saturated heterocycles. The van der Waals surface area contributed by atoms with Gasteiger partial charge in [0.1, 0.15) is 12.2 Å². The van der Waals surface area contributed by atoms with Crippen LogP contribution < -0.4 is 5.32 Å². The molecular weight excluding hydrogens is 276 g/mol. The van der Waals surface area contributed by atoms with E-state index >= 15 is 0 Å². The standard InChI is InChI=1S/C12H14N6O3/c1-17-5-7(4-13-17)11-10(12(20)21)15-16-18(11)6-9(19)14-8-2-3-8/h4-5,8H,2-3,6H2,1H3,(H,14,19)(H,20,21). The van der Waals surface area contributed by atoms with Gasteiger partial charge >= 0.3 is 5.97 Å². The molecule has 0 bridgehead atoms. The molecule has 0 atom stereocenters. The molecule has 2 aromatic rings. The highest BCUT2D eigenvalue weighted by atomic mass is 16.4. The quantitative estimate of drug-likeness (QED) is 0.778. The average molecular weight is 290 g/mol. The molecule has 2 heterocycles. The van der Waals surface area contributed by atoms with Crippen LogP contribution in [0, 0.1) is 0 Å². The summed E-state index contributed by atoms with van der Waals surface area (Å²) in [7, 11) is 1.72. The molecule has 2 N–H and O–H groups in total. The summed E-state index contributed by atoms with van der Waals surface area (Å²) in [6.07, 6.45) is 5.14. The summed E-state index contributed by atoms with van der Waals surface area (Å²) in [6, 6.07) is 0.238. The number of nitrogens with one attached hydrogen (secondary N) is 1. The number of nitrogens with zero attached hydrogens (tertiary/aromatic N) is 5. The van der Waals surface area contributed by atoms with E-state index in [1.165, 1.54) is 10.9 Å². The Balaban J connectivity index is 1.92. The average Bonchev–Trinajstić information content (AvgIpc) is 2.96. The van der Waals surface area contributed by atoms with E-state index in [0.717, 1.165) is 12.8 Å². The molecule has 21 heavy (non-hydrogen) atoms. The number of aromatic nitrogens is 5. The maximum atomic E-state index is 11.9. The van der Waals surface area contributed by atoms with Crippen LogP contribution in [0.15, 0.2) is 12.4 Å². The lowest BCUT2D eigenvalue weighted by molar-refractivity contribution is -0.122. The van der Waals surface area contributed by atoms with Gasteiger partial charge in [0.05, 0.1) is 6.20 Å². The normalized spacial score (nSPS) is 14.1. The molecule has 1 fully saturated rings. The summed E-state index contributed by atoms with van der Waals surface area (Å²) in [5.41, 5.74) is 0.642. The molecule has 1 aliphatic rings. The van der Waals surface area contributed by atoms with Crippen molar-refractivity contribution in [2.45, 2.75) is 25.4 Å². The zero-order chi connectivity index (χ0) is 15.0. The molecule has 110 valence electrons. The minimum Gasteiger partial charge on any atom is -0.476 e. The van der Waals surface area contributed by atoms with Crippen molar-refractivity contribution in [3.8, 4) is 11.3 Å². The number of rotatable bonds is 5. The third kappa shape index (κ3) is 2.76. The summed E-state index contributed by atoms with van der Waals surface area (Å²) in [5.74, 6) is -1.40. The molecule has 1 amide bonds. The molecule has 0 aromatic carbocycles. The maximum absolute atomic E-state index is 11.9. The molecule has 0 aliphatic heterocycles. The summed E-state index contributed by atoms with van der Waals surface area (Å²) in [5, 5.41) is 23.5. The number of carbonyl (C=O) groups excluding carboxylic acids is 1. The Morgan fingerprint density at radius 3 is 2.81 bits per heavy atom. The van der Waals surface area contributed by atoms with Gasteiger partial charge in [-0.2, -0.15) is 5.10 Å². The summed E-state index contributed by atoms with van der Waals surface area (Å²) in [4.78, 5) is 23.1. The summed E-state index contributed by atoms with van der Waals surface area (Å²) in [6.45, 7) is -0.0684. The molecule has 0 radical (unpaired) electrons. The van der Waals surface area contributed by atoms with Gasteiger partial charge in [-0.3, -0.25) is 9.48 Å². The van der Waals surface area contributed by atoms with Crippen molar-refractivity contribution in [1.29, 1.82) is 0 Å². The number of aromatic carboxylic acids is 1. The van der Waals surface area contributed by atoms with Gasteiger partial charge in [-0.25, -0.2) is 9.48 Å². The SMILES string of the molecule is Cn1cc(-c2c(C(=O)O)nnn2CC(=O)NC2CC2)cn1. The first kappa shape index (κ1) is 13.3. The molecule has 1 aliphatic carbocycles. The minimum absolute atomic E-state index is 0.0684. The number of aryl methyl sites for hydroxylation is 1. The van der Waals surface area contributed by atoms with Crippen LogP contribution >= 0.6 is 0 Å². The third-order valence-corrected chi connectivity index (χ3v) is 3.15. The van der Waals surface area contributed by atoms with Crippen LogP contribution in [-0.4, -0.2) is 47.8 Å². The van der Waals surface area contributed by atoms with Gasteiger partial charge in [-0.05, 0) is 12.8 Å². The zero-order valence-electron chi connectivity index (χ0n) is 11.4. The van der Waals surface area contributed by atoms with Gasteiger partial charge < -0.3 is 10.4 Å². The van der Waals surface area contributed by atoms with Crippen LogP contribution in [-0.2, 0) is 18.4 Å². The molecular formula is C12H14N6O3. The van der Waals surface area contributed by atoms with E-state index in [0.29, 0.717) is 5.56 Å². The molecule has 9 nitrogen and oxygen atoms in total. The van der Waals surface area contributed by atoms with Gasteiger partial charge in [-0.1, -0.05) is 5.21 Å². The lowest BCUT2D eigenvalue weighted by atomic mass is 10.2. The second kappa shape index (κ2) is 5.00. The topological polar surface area (TPSA) is 115 Å². The second-order valence-corrected chi connectivity index (χ2v) is 4.99. The fraction of sp³-hybridized carbons (Fsp3) is 0.417. The molecule has 0 spiro atoms. The van der Waals surface area contributed by atoms with Crippen LogP contribution in [0.25, 0.3) is 11.3 Å². The van der Waals surface area contributed by atoms with Crippen molar-refractivity contribution in [1.82, 2.24) is 30.1 Å². The van der Waals surface area contributed by atoms with E-state index in [1.54, 1.807) is 17.9 Å². The summed E-state index contributed by atoms with van der Waals surface area (Å²) >= 11 is 0. The number of carboxylic acids is 1. The van der Waals surface area contributed by atoms with Gasteiger partial charge in [0.2, 0.25) is 5.91 Å². The zero-order valence-corrected chi connectivity index (χ0v) is 11.4. The first-order chi connectivity index (χ1) is 10.0. The Hall–Kier alpha value is -2.71. The van der Waals surface area contributed by atoms with Crippen LogP contribution in [0.1, 0.15) is 23.3 Å². The highest BCUT2D eigenvalue weighted by Crippen LogP contribution is 2.22. The van der Waals surface area contributed by atoms with Crippen LogP contribution in [0.3, 0.4) is 0 Å². The van der Waals surface area contributed by atoms with Crippen molar-refractivity contribution in [3.63, 3.8) is 0 Å². The molecule has 1 saturated carbocycles. The largest absolute Gasteiger partial charge is 0.476 e. The van der Waals surface area contributed by atoms with Crippen molar-refractivity contribution < 1.29 is 14.7 Å². The maximum Gasteiger partial charge on any atom is 0.358 e. The monoisotopic (exact) mass is 290 g/mol. The second-order valence-electron chi connectivity index (χ2n) is 4.99. The third-order valence-electron chi connectivity index (χ3n) is 3.15. The van der Waals surface area contributed by atoms with E-state index in [9.17, 15) is 14.7 Å². The fourth-order valence-corrected chi connectivity index (χ4v) is 2.03. The van der Waals surface area contributed by atoms with Gasteiger partial charge in [0, 0.05) is 24.8 Å².